The molecule has 0 rings (SSSR count). The van der Waals surface area contributed by atoms with Crippen LogP contribution in [0.4, 0.5) is 0 Å². The molecule has 0 fully saturated rings. The Morgan fingerprint density at radius 3 is 2.36 bits per heavy atom. The minimum atomic E-state index is 0.754. The van der Waals surface area contributed by atoms with Crippen molar-refractivity contribution >= 4 is 11.6 Å². The molecule has 0 N–H and O–H groups in total. The third-order valence-electron chi connectivity index (χ3n) is 2.11. The van der Waals surface area contributed by atoms with E-state index < -0.39 is 0 Å². The molecule has 0 aromatic carbocycles. The largest absolute Gasteiger partial charge is 0.302 e. The van der Waals surface area contributed by atoms with Gasteiger partial charge in [0.05, 0.1) is 0 Å². The fraction of sp³-hybridized carbons (Fsp3) is 1.00. The minimum Gasteiger partial charge on any atom is -0.302 e. The van der Waals surface area contributed by atoms with Gasteiger partial charge in [-0.2, -0.15) is 0 Å². The van der Waals surface area contributed by atoms with Crippen LogP contribution in [-0.2, 0) is 0 Å². The van der Waals surface area contributed by atoms with E-state index in [0.717, 1.165) is 24.9 Å². The van der Waals surface area contributed by atoms with E-state index in [9.17, 15) is 0 Å². The number of nitrogens with zero attached hydrogens (tertiary/aromatic N) is 1. The van der Waals surface area contributed by atoms with Crippen LogP contribution in [0.3, 0.4) is 0 Å². The second kappa shape index (κ2) is 6.93. The first-order chi connectivity index (χ1) is 5.24. The highest BCUT2D eigenvalue weighted by Gasteiger charge is 2.05. The van der Waals surface area contributed by atoms with Crippen LogP contribution in [0.15, 0.2) is 0 Å². The van der Waals surface area contributed by atoms with Crippen molar-refractivity contribution in [2.24, 2.45) is 5.92 Å². The SMILES string of the molecule is CCC(C)CN(CC)CCCl. The molecule has 0 saturated heterocycles. The molecular formula is C9H20ClN. The van der Waals surface area contributed by atoms with Crippen LogP contribution >= 0.6 is 11.6 Å². The molecule has 0 aromatic heterocycles. The van der Waals surface area contributed by atoms with Gasteiger partial charge in [0.15, 0.2) is 0 Å². The first-order valence-corrected chi connectivity index (χ1v) is 5.06. The zero-order valence-corrected chi connectivity index (χ0v) is 8.69. The summed E-state index contributed by atoms with van der Waals surface area (Å²) >= 11 is 5.66. The highest BCUT2D eigenvalue weighted by atomic mass is 35.5. The summed E-state index contributed by atoms with van der Waals surface area (Å²) < 4.78 is 0. The van der Waals surface area contributed by atoms with E-state index in [1.54, 1.807) is 0 Å². The summed E-state index contributed by atoms with van der Waals surface area (Å²) in [6.45, 7) is 10.1. The van der Waals surface area contributed by atoms with E-state index in [-0.39, 0.29) is 0 Å². The summed E-state index contributed by atoms with van der Waals surface area (Å²) in [5, 5.41) is 0. The van der Waals surface area contributed by atoms with Crippen molar-refractivity contribution in [3.63, 3.8) is 0 Å². The molecular weight excluding hydrogens is 158 g/mol. The van der Waals surface area contributed by atoms with Crippen LogP contribution in [0.1, 0.15) is 27.2 Å². The Kier molecular flexibility index (Phi) is 7.09. The normalized spacial score (nSPS) is 13.9. The van der Waals surface area contributed by atoms with Crippen LogP contribution < -0.4 is 0 Å². The van der Waals surface area contributed by atoms with Crippen LogP contribution in [0, 0.1) is 5.92 Å². The zero-order chi connectivity index (χ0) is 8.69. The maximum Gasteiger partial charge on any atom is 0.0351 e. The van der Waals surface area contributed by atoms with Gasteiger partial charge in [0.25, 0.3) is 0 Å². The highest BCUT2D eigenvalue weighted by molar-refractivity contribution is 6.18. The molecule has 68 valence electrons. The van der Waals surface area contributed by atoms with Crippen molar-refractivity contribution in [2.75, 3.05) is 25.5 Å². The molecule has 0 bridgehead atoms. The van der Waals surface area contributed by atoms with Crippen molar-refractivity contribution in [3.05, 3.63) is 0 Å². The monoisotopic (exact) mass is 177 g/mol. The second-order valence-corrected chi connectivity index (χ2v) is 3.47. The maximum absolute atomic E-state index is 5.66. The van der Waals surface area contributed by atoms with Gasteiger partial charge in [-0.15, -0.1) is 11.6 Å². The van der Waals surface area contributed by atoms with E-state index in [2.05, 4.69) is 25.7 Å². The quantitative estimate of drug-likeness (QED) is 0.564. The molecule has 2 heteroatoms. The lowest BCUT2D eigenvalue weighted by Gasteiger charge is -2.22. The first kappa shape index (κ1) is 11.2. The number of alkyl halides is 1. The molecule has 1 unspecified atom stereocenters. The fourth-order valence-corrected chi connectivity index (χ4v) is 1.31. The van der Waals surface area contributed by atoms with Crippen LogP contribution in [0.25, 0.3) is 0 Å². The molecule has 0 saturated carbocycles. The molecule has 0 spiro atoms. The minimum absolute atomic E-state index is 0.754. The summed E-state index contributed by atoms with van der Waals surface area (Å²) in [6.07, 6.45) is 1.26. The van der Waals surface area contributed by atoms with Crippen molar-refractivity contribution in [2.45, 2.75) is 27.2 Å². The van der Waals surface area contributed by atoms with E-state index in [1.165, 1.54) is 13.0 Å². The molecule has 11 heavy (non-hydrogen) atoms. The standard InChI is InChI=1S/C9H20ClN/c1-4-9(3)8-11(5-2)7-6-10/h9H,4-8H2,1-3H3. The maximum atomic E-state index is 5.66. The summed E-state index contributed by atoms with van der Waals surface area (Å²) in [6, 6.07) is 0. The number of rotatable bonds is 6. The third-order valence-corrected chi connectivity index (χ3v) is 2.28. The summed E-state index contributed by atoms with van der Waals surface area (Å²) in [4.78, 5) is 2.40. The van der Waals surface area contributed by atoms with Crippen LogP contribution in [0.5, 0.6) is 0 Å². The van der Waals surface area contributed by atoms with Crippen molar-refractivity contribution in [3.8, 4) is 0 Å². The van der Waals surface area contributed by atoms with Gasteiger partial charge in [-0.25, -0.2) is 0 Å². The molecule has 1 atom stereocenters. The summed E-state index contributed by atoms with van der Waals surface area (Å²) in [7, 11) is 0. The van der Waals surface area contributed by atoms with Crippen molar-refractivity contribution in [1.29, 1.82) is 0 Å². The van der Waals surface area contributed by atoms with Gasteiger partial charge < -0.3 is 4.90 Å². The Labute approximate surface area is 75.7 Å². The van der Waals surface area contributed by atoms with E-state index in [0.29, 0.717) is 0 Å². The predicted molar refractivity (Wildman–Crippen MR) is 52.3 cm³/mol. The lowest BCUT2D eigenvalue weighted by atomic mass is 10.1. The molecule has 0 heterocycles. The topological polar surface area (TPSA) is 3.24 Å². The average molecular weight is 178 g/mol. The smallest absolute Gasteiger partial charge is 0.0351 e. The molecule has 0 aliphatic rings. The van der Waals surface area contributed by atoms with E-state index in [1.807, 2.05) is 0 Å². The highest BCUT2D eigenvalue weighted by Crippen LogP contribution is 2.03. The van der Waals surface area contributed by atoms with E-state index >= 15 is 0 Å². The predicted octanol–water partition coefficient (Wildman–Crippen LogP) is 2.59. The Morgan fingerprint density at radius 2 is 2.00 bits per heavy atom. The lowest BCUT2D eigenvalue weighted by Crippen LogP contribution is -2.30. The number of halogens is 1. The molecule has 0 radical (unpaired) electrons. The van der Waals surface area contributed by atoms with Crippen LogP contribution in [-0.4, -0.2) is 30.4 Å². The van der Waals surface area contributed by atoms with Gasteiger partial charge >= 0.3 is 0 Å². The Morgan fingerprint density at radius 1 is 1.36 bits per heavy atom. The van der Waals surface area contributed by atoms with Gasteiger partial charge in [0.1, 0.15) is 0 Å². The molecule has 0 aromatic rings. The Balaban J connectivity index is 3.49. The molecule has 0 aliphatic carbocycles. The molecule has 0 aliphatic heterocycles. The first-order valence-electron chi connectivity index (χ1n) is 4.52. The molecule has 0 amide bonds. The van der Waals surface area contributed by atoms with Gasteiger partial charge in [-0.3, -0.25) is 0 Å². The molecule has 1 nitrogen and oxygen atoms in total. The Bertz CT molecular complexity index is 85.6. The van der Waals surface area contributed by atoms with Crippen LogP contribution in [0.2, 0.25) is 0 Å². The van der Waals surface area contributed by atoms with Gasteiger partial charge in [0.2, 0.25) is 0 Å². The summed E-state index contributed by atoms with van der Waals surface area (Å²) in [5.41, 5.74) is 0. The lowest BCUT2D eigenvalue weighted by molar-refractivity contribution is 0.259. The third kappa shape index (κ3) is 5.51. The van der Waals surface area contributed by atoms with Gasteiger partial charge in [-0.1, -0.05) is 27.2 Å². The fourth-order valence-electron chi connectivity index (χ4n) is 1.07. The van der Waals surface area contributed by atoms with Crippen molar-refractivity contribution in [1.82, 2.24) is 4.90 Å². The van der Waals surface area contributed by atoms with E-state index in [4.69, 9.17) is 11.6 Å². The zero-order valence-electron chi connectivity index (χ0n) is 7.94. The summed E-state index contributed by atoms with van der Waals surface area (Å²) in [5.74, 6) is 1.56. The van der Waals surface area contributed by atoms with Crippen molar-refractivity contribution < 1.29 is 0 Å². The van der Waals surface area contributed by atoms with Gasteiger partial charge in [-0.05, 0) is 12.5 Å². The number of hydrogen-bond acceptors (Lipinski definition) is 1. The average Bonchev–Trinajstić information content (AvgIpc) is 2.03. The van der Waals surface area contributed by atoms with Gasteiger partial charge in [0, 0.05) is 19.0 Å². The second-order valence-electron chi connectivity index (χ2n) is 3.10. The Hall–Kier alpha value is 0.250. The number of hydrogen-bond donors (Lipinski definition) is 0.